The molecule has 0 amide bonds. The van der Waals surface area contributed by atoms with Gasteiger partial charge in [0.2, 0.25) is 10.0 Å². The number of sulfonamides is 1. The summed E-state index contributed by atoms with van der Waals surface area (Å²) in [5, 5.41) is 0. The lowest BCUT2D eigenvalue weighted by atomic mass is 9.92. The van der Waals surface area contributed by atoms with Crippen molar-refractivity contribution in [1.29, 1.82) is 0 Å². The minimum Gasteiger partial charge on any atom is -0.493 e. The summed E-state index contributed by atoms with van der Waals surface area (Å²) in [5.41, 5.74) is 2.94. The number of hydrogen-bond acceptors (Lipinski definition) is 5. The second-order valence-electron chi connectivity index (χ2n) is 8.56. The molecule has 0 unspecified atom stereocenters. The first-order valence-corrected chi connectivity index (χ1v) is 12.9. The molecule has 6 nitrogen and oxygen atoms in total. The summed E-state index contributed by atoms with van der Waals surface area (Å²) < 4.78 is 40.5. The lowest BCUT2D eigenvalue weighted by Crippen LogP contribution is -2.47. The van der Waals surface area contributed by atoms with Crippen LogP contribution in [0.4, 0.5) is 0 Å². The van der Waals surface area contributed by atoms with Crippen molar-refractivity contribution in [3.8, 4) is 0 Å². The first-order chi connectivity index (χ1) is 16.8. The zero-order chi connectivity index (χ0) is 25.0. The number of benzene rings is 3. The summed E-state index contributed by atoms with van der Waals surface area (Å²) in [6.45, 7) is 3.87. The maximum atomic E-state index is 13.9. The molecule has 0 fully saturated rings. The Morgan fingerprint density at radius 3 is 2.14 bits per heavy atom. The van der Waals surface area contributed by atoms with Crippen LogP contribution in [-0.2, 0) is 30.9 Å². The number of ether oxygens (including phenoxy) is 2. The van der Waals surface area contributed by atoms with Crippen molar-refractivity contribution in [1.82, 2.24) is 4.31 Å². The van der Waals surface area contributed by atoms with E-state index in [1.54, 1.807) is 31.2 Å². The van der Waals surface area contributed by atoms with Gasteiger partial charge in [0.15, 0.2) is 0 Å². The second kappa shape index (κ2) is 10.5. The molecule has 35 heavy (non-hydrogen) atoms. The molecule has 0 spiro atoms. The Balaban J connectivity index is 1.82. The van der Waals surface area contributed by atoms with E-state index in [1.807, 2.05) is 67.6 Å². The number of nitrogens with zero attached hydrogens (tertiary/aromatic N) is 1. The number of methoxy groups -OCH3 is 1. The number of hydrogen-bond donors (Lipinski definition) is 0. The van der Waals surface area contributed by atoms with Gasteiger partial charge in [-0.05, 0) is 37.1 Å². The van der Waals surface area contributed by atoms with Gasteiger partial charge in [-0.25, -0.2) is 13.2 Å². The van der Waals surface area contributed by atoms with Crippen molar-refractivity contribution in [3.63, 3.8) is 0 Å². The zero-order valence-corrected chi connectivity index (χ0v) is 20.9. The van der Waals surface area contributed by atoms with Crippen LogP contribution >= 0.6 is 0 Å². The number of esters is 1. The van der Waals surface area contributed by atoms with Crippen LogP contribution in [-0.4, -0.2) is 31.8 Å². The van der Waals surface area contributed by atoms with E-state index in [4.69, 9.17) is 9.47 Å². The van der Waals surface area contributed by atoms with E-state index in [1.165, 1.54) is 11.4 Å². The summed E-state index contributed by atoms with van der Waals surface area (Å²) in [6.07, 6.45) is 0.205. The molecule has 1 heterocycles. The third-order valence-corrected chi connectivity index (χ3v) is 8.22. The van der Waals surface area contributed by atoms with E-state index in [0.717, 1.165) is 16.7 Å². The van der Waals surface area contributed by atoms with Gasteiger partial charge in [-0.2, -0.15) is 4.31 Å². The van der Waals surface area contributed by atoms with Crippen molar-refractivity contribution in [3.05, 3.63) is 113 Å². The molecule has 182 valence electrons. The highest BCUT2D eigenvalue weighted by atomic mass is 32.2. The molecule has 4 rings (SSSR count). The van der Waals surface area contributed by atoms with Gasteiger partial charge in [-0.1, -0.05) is 78.4 Å². The van der Waals surface area contributed by atoms with E-state index in [2.05, 4.69) is 0 Å². The average Bonchev–Trinajstić information content (AvgIpc) is 2.88. The van der Waals surface area contributed by atoms with Crippen molar-refractivity contribution in [2.75, 3.05) is 7.11 Å². The van der Waals surface area contributed by atoms with Gasteiger partial charge in [0.05, 0.1) is 29.7 Å². The van der Waals surface area contributed by atoms with Crippen LogP contribution in [0.3, 0.4) is 0 Å². The molecule has 0 aliphatic carbocycles. The van der Waals surface area contributed by atoms with Crippen LogP contribution in [0.15, 0.2) is 101 Å². The van der Waals surface area contributed by atoms with Gasteiger partial charge >= 0.3 is 5.97 Å². The number of carbonyl (C=O) groups excluding carboxylic acids is 1. The fourth-order valence-corrected chi connectivity index (χ4v) is 6.21. The Kier molecular flexibility index (Phi) is 7.38. The third kappa shape index (κ3) is 5.16. The molecule has 3 aromatic rings. The molecule has 0 radical (unpaired) electrons. The highest BCUT2D eigenvalue weighted by Gasteiger charge is 2.45. The van der Waals surface area contributed by atoms with E-state index in [-0.39, 0.29) is 23.5 Å². The third-order valence-electron chi connectivity index (χ3n) is 6.23. The summed E-state index contributed by atoms with van der Waals surface area (Å²) in [7, 11) is -2.66. The zero-order valence-electron chi connectivity index (χ0n) is 20.0. The van der Waals surface area contributed by atoms with Crippen LogP contribution in [0, 0.1) is 6.92 Å². The normalized spacial score (nSPS) is 18.8. The number of carbonyl (C=O) groups is 1. The van der Waals surface area contributed by atoms with Gasteiger partial charge in [0, 0.05) is 6.42 Å². The second-order valence-corrected chi connectivity index (χ2v) is 10.4. The van der Waals surface area contributed by atoms with Gasteiger partial charge < -0.3 is 9.47 Å². The Morgan fingerprint density at radius 1 is 0.943 bits per heavy atom. The van der Waals surface area contributed by atoms with E-state index >= 15 is 0 Å². The Morgan fingerprint density at radius 2 is 1.54 bits per heavy atom. The first-order valence-electron chi connectivity index (χ1n) is 11.5. The predicted octanol–water partition coefficient (Wildman–Crippen LogP) is 5.16. The van der Waals surface area contributed by atoms with Gasteiger partial charge in [-0.15, -0.1) is 0 Å². The Labute approximate surface area is 206 Å². The van der Waals surface area contributed by atoms with E-state index < -0.39 is 28.1 Å². The van der Waals surface area contributed by atoms with Crippen LogP contribution in [0.1, 0.15) is 36.1 Å². The summed E-state index contributed by atoms with van der Waals surface area (Å²) in [6, 6.07) is 24.4. The molecule has 7 heteroatoms. The van der Waals surface area contributed by atoms with Crippen molar-refractivity contribution in [2.45, 2.75) is 43.9 Å². The van der Waals surface area contributed by atoms with Crippen LogP contribution in [0.25, 0.3) is 0 Å². The highest BCUT2D eigenvalue weighted by molar-refractivity contribution is 7.89. The summed E-state index contributed by atoms with van der Waals surface area (Å²) in [5.74, 6) is -0.159. The molecule has 0 N–H and O–H groups in total. The smallest absolute Gasteiger partial charge is 0.338 e. The van der Waals surface area contributed by atoms with E-state index in [0.29, 0.717) is 5.76 Å². The largest absolute Gasteiger partial charge is 0.493 e. The fourth-order valence-electron chi connectivity index (χ4n) is 4.43. The monoisotopic (exact) mass is 491 g/mol. The molecule has 1 aliphatic rings. The Bertz CT molecular complexity index is 1300. The average molecular weight is 492 g/mol. The topological polar surface area (TPSA) is 72.9 Å². The highest BCUT2D eigenvalue weighted by Crippen LogP contribution is 2.42. The van der Waals surface area contributed by atoms with Crippen LogP contribution < -0.4 is 0 Å². The van der Waals surface area contributed by atoms with Gasteiger partial charge in [0.25, 0.3) is 0 Å². The maximum absolute atomic E-state index is 13.9. The fraction of sp³-hybridized carbons (Fsp3) is 0.250. The van der Waals surface area contributed by atoms with Gasteiger partial charge in [0.1, 0.15) is 12.4 Å². The van der Waals surface area contributed by atoms with E-state index in [9.17, 15) is 13.2 Å². The summed E-state index contributed by atoms with van der Waals surface area (Å²) in [4.78, 5) is 13.1. The molecule has 0 saturated carbocycles. The minimum atomic E-state index is -3.95. The first kappa shape index (κ1) is 24.7. The molecule has 2 atom stereocenters. The van der Waals surface area contributed by atoms with Gasteiger partial charge in [-0.3, -0.25) is 0 Å². The van der Waals surface area contributed by atoms with Crippen molar-refractivity contribution in [2.24, 2.45) is 0 Å². The SMILES string of the molecule is COC(=O)C1=C(OCc2ccccc2)C[C@@H](c2ccccc2)N(S(=O)(=O)c2ccc(C)cc2)[C@H]1C. The van der Waals surface area contributed by atoms with Crippen LogP contribution in [0.5, 0.6) is 0 Å². The maximum Gasteiger partial charge on any atom is 0.338 e. The molecular weight excluding hydrogens is 462 g/mol. The minimum absolute atomic E-state index is 0.175. The molecule has 1 aliphatic heterocycles. The van der Waals surface area contributed by atoms with Crippen molar-refractivity contribution < 1.29 is 22.7 Å². The lowest BCUT2D eigenvalue weighted by Gasteiger charge is -2.41. The number of rotatable bonds is 7. The number of aryl methyl sites for hydroxylation is 1. The molecule has 0 saturated heterocycles. The van der Waals surface area contributed by atoms with Crippen LogP contribution in [0.2, 0.25) is 0 Å². The molecule has 3 aromatic carbocycles. The van der Waals surface area contributed by atoms with Crippen molar-refractivity contribution >= 4 is 16.0 Å². The quantitative estimate of drug-likeness (QED) is 0.427. The molecule has 0 aromatic heterocycles. The Hall–Kier alpha value is -3.42. The summed E-state index contributed by atoms with van der Waals surface area (Å²) >= 11 is 0. The predicted molar refractivity (Wildman–Crippen MR) is 134 cm³/mol. The standard InChI is InChI=1S/C28H29NO5S/c1-20-14-16-24(17-15-20)35(31,32)29-21(2)27(28(30)33-3)26(34-19-22-10-6-4-7-11-22)18-25(29)23-12-8-5-9-13-23/h4-17,21,25H,18-19H2,1-3H3/t21-,25-/m0/s1. The molecular formula is C28H29NO5S. The lowest BCUT2D eigenvalue weighted by molar-refractivity contribution is -0.137. The molecule has 0 bridgehead atoms.